The SMILES string of the molecule is CC(C)C(CO)NCc1cc([N+](=O)[O-])c(F)cc1F. The highest BCUT2D eigenvalue weighted by Gasteiger charge is 2.19. The van der Waals surface area contributed by atoms with Crippen molar-refractivity contribution >= 4 is 5.69 Å². The molecule has 0 saturated carbocycles. The Morgan fingerprint density at radius 3 is 2.47 bits per heavy atom. The maximum Gasteiger partial charge on any atom is 0.305 e. The van der Waals surface area contributed by atoms with Gasteiger partial charge in [-0.15, -0.1) is 0 Å². The van der Waals surface area contributed by atoms with E-state index in [4.69, 9.17) is 5.11 Å². The molecule has 0 aliphatic carbocycles. The van der Waals surface area contributed by atoms with Gasteiger partial charge in [0.15, 0.2) is 0 Å². The van der Waals surface area contributed by atoms with E-state index in [1.54, 1.807) is 0 Å². The Bertz CT molecular complexity index is 467. The number of hydrogen-bond donors (Lipinski definition) is 2. The highest BCUT2D eigenvalue weighted by Crippen LogP contribution is 2.21. The van der Waals surface area contributed by atoms with E-state index in [9.17, 15) is 18.9 Å². The van der Waals surface area contributed by atoms with Gasteiger partial charge in [0.1, 0.15) is 5.82 Å². The van der Waals surface area contributed by atoms with Crippen LogP contribution in [-0.4, -0.2) is 22.7 Å². The van der Waals surface area contributed by atoms with Gasteiger partial charge in [-0.2, -0.15) is 4.39 Å². The molecule has 1 aromatic rings. The highest BCUT2D eigenvalue weighted by molar-refractivity contribution is 5.37. The first kappa shape index (κ1) is 15.5. The maximum atomic E-state index is 13.5. The molecular weight excluding hydrogens is 258 g/mol. The van der Waals surface area contributed by atoms with Gasteiger partial charge in [-0.05, 0) is 5.92 Å². The van der Waals surface area contributed by atoms with Crippen molar-refractivity contribution in [1.29, 1.82) is 0 Å². The molecule has 0 fully saturated rings. The minimum atomic E-state index is -1.20. The lowest BCUT2D eigenvalue weighted by Crippen LogP contribution is -2.36. The second kappa shape index (κ2) is 6.53. The number of nitrogens with one attached hydrogen (secondary N) is 1. The molecule has 5 nitrogen and oxygen atoms in total. The van der Waals surface area contributed by atoms with Crippen molar-refractivity contribution in [2.45, 2.75) is 26.4 Å². The second-order valence-electron chi connectivity index (χ2n) is 4.57. The van der Waals surface area contributed by atoms with E-state index in [2.05, 4.69) is 5.32 Å². The fourth-order valence-corrected chi connectivity index (χ4v) is 1.61. The molecule has 1 atom stereocenters. The molecule has 0 heterocycles. The molecule has 2 N–H and O–H groups in total. The molecule has 0 spiro atoms. The largest absolute Gasteiger partial charge is 0.395 e. The van der Waals surface area contributed by atoms with Crippen LogP contribution >= 0.6 is 0 Å². The topological polar surface area (TPSA) is 75.4 Å². The Kier molecular flexibility index (Phi) is 5.31. The molecule has 0 radical (unpaired) electrons. The Labute approximate surface area is 109 Å². The van der Waals surface area contributed by atoms with E-state index in [1.807, 2.05) is 13.8 Å². The van der Waals surface area contributed by atoms with Crippen LogP contribution in [-0.2, 0) is 6.54 Å². The number of aliphatic hydroxyl groups excluding tert-OH is 1. The second-order valence-corrected chi connectivity index (χ2v) is 4.57. The van der Waals surface area contributed by atoms with Crippen LogP contribution in [0.15, 0.2) is 12.1 Å². The highest BCUT2D eigenvalue weighted by atomic mass is 19.1. The first-order valence-corrected chi connectivity index (χ1v) is 5.83. The molecule has 0 aliphatic rings. The molecule has 1 unspecified atom stereocenters. The van der Waals surface area contributed by atoms with Gasteiger partial charge < -0.3 is 10.4 Å². The number of rotatable bonds is 6. The molecule has 19 heavy (non-hydrogen) atoms. The van der Waals surface area contributed by atoms with Crippen LogP contribution in [0.25, 0.3) is 0 Å². The lowest BCUT2D eigenvalue weighted by Gasteiger charge is -2.20. The summed E-state index contributed by atoms with van der Waals surface area (Å²) in [6, 6.07) is 1.11. The zero-order chi connectivity index (χ0) is 14.6. The van der Waals surface area contributed by atoms with Crippen LogP contribution in [0.2, 0.25) is 0 Å². The van der Waals surface area contributed by atoms with Crippen LogP contribution in [0.1, 0.15) is 19.4 Å². The number of hydrogen-bond acceptors (Lipinski definition) is 4. The zero-order valence-corrected chi connectivity index (χ0v) is 10.7. The molecule has 106 valence electrons. The van der Waals surface area contributed by atoms with E-state index in [1.165, 1.54) is 0 Å². The third-order valence-electron chi connectivity index (χ3n) is 2.87. The number of halogens is 2. The first-order valence-electron chi connectivity index (χ1n) is 5.83. The van der Waals surface area contributed by atoms with Gasteiger partial charge in [0.25, 0.3) is 0 Å². The Morgan fingerprint density at radius 1 is 1.37 bits per heavy atom. The van der Waals surface area contributed by atoms with Gasteiger partial charge in [-0.3, -0.25) is 10.1 Å². The van der Waals surface area contributed by atoms with E-state index in [-0.39, 0.29) is 30.7 Å². The van der Waals surface area contributed by atoms with Crippen LogP contribution in [0, 0.1) is 27.7 Å². The molecule has 1 rings (SSSR count). The van der Waals surface area contributed by atoms with E-state index < -0.39 is 22.2 Å². The summed E-state index contributed by atoms with van der Waals surface area (Å²) in [5, 5.41) is 22.6. The van der Waals surface area contributed by atoms with Crippen LogP contribution in [0.4, 0.5) is 14.5 Å². The summed E-state index contributed by atoms with van der Waals surface area (Å²) in [5.41, 5.74) is -0.768. The van der Waals surface area contributed by atoms with Crippen LogP contribution in [0.5, 0.6) is 0 Å². The summed E-state index contributed by atoms with van der Waals surface area (Å²) in [7, 11) is 0. The van der Waals surface area contributed by atoms with Crippen molar-refractivity contribution in [3.05, 3.63) is 39.4 Å². The zero-order valence-electron chi connectivity index (χ0n) is 10.7. The average Bonchev–Trinajstić information content (AvgIpc) is 2.31. The smallest absolute Gasteiger partial charge is 0.305 e. The Hall–Kier alpha value is -1.60. The molecule has 0 amide bonds. The summed E-state index contributed by atoms with van der Waals surface area (Å²) in [4.78, 5) is 9.67. The van der Waals surface area contributed by atoms with Gasteiger partial charge in [0.05, 0.1) is 11.5 Å². The van der Waals surface area contributed by atoms with E-state index in [0.717, 1.165) is 6.07 Å². The molecule has 0 saturated heterocycles. The number of nitro benzene ring substituents is 1. The number of benzene rings is 1. The predicted octanol–water partition coefficient (Wildman–Crippen LogP) is 1.98. The van der Waals surface area contributed by atoms with Gasteiger partial charge in [0.2, 0.25) is 5.82 Å². The van der Waals surface area contributed by atoms with Crippen molar-refractivity contribution in [3.8, 4) is 0 Å². The first-order chi connectivity index (χ1) is 8.86. The third kappa shape index (κ3) is 3.93. The van der Waals surface area contributed by atoms with E-state index >= 15 is 0 Å². The quantitative estimate of drug-likeness (QED) is 0.614. The van der Waals surface area contributed by atoms with Crippen molar-refractivity contribution in [1.82, 2.24) is 5.32 Å². The average molecular weight is 274 g/mol. The van der Waals surface area contributed by atoms with Gasteiger partial charge in [0, 0.05) is 30.3 Å². The summed E-state index contributed by atoms with van der Waals surface area (Å²) in [5.74, 6) is -1.94. The van der Waals surface area contributed by atoms with Crippen molar-refractivity contribution < 1.29 is 18.8 Å². The minimum Gasteiger partial charge on any atom is -0.395 e. The lowest BCUT2D eigenvalue weighted by molar-refractivity contribution is -0.387. The number of aliphatic hydroxyl groups is 1. The maximum absolute atomic E-state index is 13.5. The normalized spacial score (nSPS) is 12.7. The van der Waals surface area contributed by atoms with Gasteiger partial charge in [-0.25, -0.2) is 4.39 Å². The summed E-state index contributed by atoms with van der Waals surface area (Å²) < 4.78 is 26.6. The van der Waals surface area contributed by atoms with Crippen LogP contribution in [0.3, 0.4) is 0 Å². The molecular formula is C12H16F2N2O3. The predicted molar refractivity (Wildman–Crippen MR) is 65.6 cm³/mol. The molecule has 0 aromatic heterocycles. The molecule has 0 bridgehead atoms. The van der Waals surface area contributed by atoms with E-state index in [0.29, 0.717) is 6.07 Å². The third-order valence-corrected chi connectivity index (χ3v) is 2.87. The standard InChI is InChI=1S/C12H16F2N2O3/c1-7(2)11(6-17)15-5-8-3-12(16(18)19)10(14)4-9(8)13/h3-4,7,11,15,17H,5-6H2,1-2H3. The lowest BCUT2D eigenvalue weighted by atomic mass is 10.0. The monoisotopic (exact) mass is 274 g/mol. The Morgan fingerprint density at radius 2 is 2.00 bits per heavy atom. The summed E-state index contributed by atoms with van der Waals surface area (Å²) in [6.45, 7) is 3.59. The fourth-order valence-electron chi connectivity index (χ4n) is 1.61. The molecule has 7 heteroatoms. The minimum absolute atomic E-state index is 0.00722. The van der Waals surface area contributed by atoms with Crippen molar-refractivity contribution in [2.75, 3.05) is 6.61 Å². The van der Waals surface area contributed by atoms with Gasteiger partial charge >= 0.3 is 5.69 Å². The van der Waals surface area contributed by atoms with Crippen molar-refractivity contribution in [2.24, 2.45) is 5.92 Å². The Balaban J connectivity index is 2.89. The van der Waals surface area contributed by atoms with Gasteiger partial charge in [-0.1, -0.05) is 13.8 Å². The fraction of sp³-hybridized carbons (Fsp3) is 0.500. The molecule has 0 aliphatic heterocycles. The number of nitro groups is 1. The number of nitrogens with zero attached hydrogens (tertiary/aromatic N) is 1. The van der Waals surface area contributed by atoms with Crippen molar-refractivity contribution in [3.63, 3.8) is 0 Å². The molecule has 1 aromatic carbocycles. The summed E-state index contributed by atoms with van der Waals surface area (Å²) in [6.07, 6.45) is 0. The van der Waals surface area contributed by atoms with Crippen LogP contribution < -0.4 is 5.32 Å². The summed E-state index contributed by atoms with van der Waals surface area (Å²) >= 11 is 0.